The summed E-state index contributed by atoms with van der Waals surface area (Å²) in [6.07, 6.45) is 2.11. The van der Waals surface area contributed by atoms with Crippen molar-refractivity contribution in [3.63, 3.8) is 0 Å². The Labute approximate surface area is 97.0 Å². The first-order valence-electron chi connectivity index (χ1n) is 4.74. The normalized spacial score (nSPS) is 10.6. The molecule has 0 atom stereocenters. The zero-order valence-corrected chi connectivity index (χ0v) is 9.81. The molecule has 0 amide bonds. The van der Waals surface area contributed by atoms with Gasteiger partial charge in [0.25, 0.3) is 0 Å². The average molecular weight is 246 g/mol. The summed E-state index contributed by atoms with van der Waals surface area (Å²) < 4.78 is 28.5. The van der Waals surface area contributed by atoms with Crippen molar-refractivity contribution in [1.82, 2.24) is 0 Å². The van der Waals surface area contributed by atoms with Crippen molar-refractivity contribution in [1.29, 1.82) is 0 Å². The molecule has 0 bridgehead atoms. The summed E-state index contributed by atoms with van der Waals surface area (Å²) in [4.78, 5) is 12.4. The van der Waals surface area contributed by atoms with Crippen molar-refractivity contribution in [3.8, 4) is 5.75 Å². The molecule has 0 unspecified atom stereocenters. The number of hydrogen-bond donors (Lipinski definition) is 0. The Morgan fingerprint density at radius 3 is 2.69 bits per heavy atom. The highest BCUT2D eigenvalue weighted by Crippen LogP contribution is 2.27. The van der Waals surface area contributed by atoms with Gasteiger partial charge in [0.1, 0.15) is 5.75 Å². The van der Waals surface area contributed by atoms with E-state index in [1.54, 1.807) is 19.1 Å². The summed E-state index contributed by atoms with van der Waals surface area (Å²) in [5.41, 5.74) is 0.217. The minimum atomic E-state index is -2.91. The van der Waals surface area contributed by atoms with Crippen molar-refractivity contribution in [2.24, 2.45) is 0 Å². The van der Waals surface area contributed by atoms with Crippen LogP contribution in [0.25, 0.3) is 0 Å². The molecule has 1 rings (SSSR count). The van der Waals surface area contributed by atoms with Crippen LogP contribution in [0.15, 0.2) is 23.1 Å². The Balaban J connectivity index is 3.11. The van der Waals surface area contributed by atoms with Gasteiger partial charge in [0.2, 0.25) is 0 Å². The molecule has 0 aliphatic carbocycles. The molecule has 0 N–H and O–H groups in total. The lowest BCUT2D eigenvalue weighted by Crippen LogP contribution is -2.07. The van der Waals surface area contributed by atoms with Crippen LogP contribution in [-0.4, -0.2) is 18.7 Å². The number of ether oxygens (including phenoxy) is 1. The zero-order chi connectivity index (χ0) is 12.1. The summed E-state index contributed by atoms with van der Waals surface area (Å²) in [7, 11) is 0. The molecule has 1 aromatic rings. The summed E-state index contributed by atoms with van der Waals surface area (Å²) in [6.45, 7) is -1.23. The Morgan fingerprint density at radius 2 is 2.19 bits per heavy atom. The van der Waals surface area contributed by atoms with E-state index in [1.165, 1.54) is 17.8 Å². The number of thioether (sulfide) groups is 1. The van der Waals surface area contributed by atoms with Gasteiger partial charge in [-0.15, -0.1) is 11.8 Å². The number of halogens is 2. The van der Waals surface area contributed by atoms with Gasteiger partial charge in [0.05, 0.1) is 5.56 Å². The second-order valence-corrected chi connectivity index (χ2v) is 3.90. The lowest BCUT2D eigenvalue weighted by Gasteiger charge is -2.10. The molecule has 0 aromatic heterocycles. The highest BCUT2D eigenvalue weighted by molar-refractivity contribution is 7.98. The Morgan fingerprint density at radius 1 is 1.50 bits per heavy atom. The number of Topliss-reactive ketones (excluding diaryl/α,β-unsaturated/α-hetero) is 1. The minimum Gasteiger partial charge on any atom is -0.434 e. The number of alkyl halides is 2. The van der Waals surface area contributed by atoms with Crippen molar-refractivity contribution in [3.05, 3.63) is 23.8 Å². The second-order valence-electron chi connectivity index (χ2n) is 3.02. The summed E-state index contributed by atoms with van der Waals surface area (Å²) in [6, 6.07) is 4.63. The maximum Gasteiger partial charge on any atom is 0.387 e. The van der Waals surface area contributed by atoms with Gasteiger partial charge in [0.15, 0.2) is 5.78 Å². The van der Waals surface area contributed by atoms with Gasteiger partial charge in [0, 0.05) is 11.3 Å². The van der Waals surface area contributed by atoms with Gasteiger partial charge < -0.3 is 4.74 Å². The SMILES string of the molecule is CCC(=O)c1cc(SC)ccc1OC(F)F. The van der Waals surface area contributed by atoms with Crippen LogP contribution in [-0.2, 0) is 0 Å². The molecule has 2 nitrogen and oxygen atoms in total. The van der Waals surface area contributed by atoms with Crippen LogP contribution in [0.1, 0.15) is 23.7 Å². The number of benzene rings is 1. The first kappa shape index (κ1) is 13.0. The van der Waals surface area contributed by atoms with Crippen molar-refractivity contribution >= 4 is 17.5 Å². The van der Waals surface area contributed by atoms with Crippen LogP contribution in [0.3, 0.4) is 0 Å². The highest BCUT2D eigenvalue weighted by atomic mass is 32.2. The lowest BCUT2D eigenvalue weighted by atomic mass is 10.1. The first-order valence-corrected chi connectivity index (χ1v) is 5.97. The largest absolute Gasteiger partial charge is 0.434 e. The summed E-state index contributed by atoms with van der Waals surface area (Å²) in [5, 5.41) is 0. The quantitative estimate of drug-likeness (QED) is 0.586. The van der Waals surface area contributed by atoms with Gasteiger partial charge in [-0.1, -0.05) is 6.92 Å². The fraction of sp³-hybridized carbons (Fsp3) is 0.364. The number of ketones is 1. The molecule has 88 valence electrons. The van der Waals surface area contributed by atoms with Gasteiger partial charge >= 0.3 is 6.61 Å². The van der Waals surface area contributed by atoms with Crippen LogP contribution >= 0.6 is 11.8 Å². The Hall–Kier alpha value is -1.10. The molecule has 0 saturated carbocycles. The van der Waals surface area contributed by atoms with Crippen molar-refractivity contribution in [2.45, 2.75) is 24.9 Å². The molecule has 0 spiro atoms. The topological polar surface area (TPSA) is 26.3 Å². The average Bonchev–Trinajstić information content (AvgIpc) is 2.28. The predicted molar refractivity (Wildman–Crippen MR) is 59.5 cm³/mol. The number of carbonyl (C=O) groups excluding carboxylic acids is 1. The molecule has 1 aromatic carbocycles. The molecule has 0 radical (unpaired) electrons. The molecular weight excluding hydrogens is 234 g/mol. The van der Waals surface area contributed by atoms with Gasteiger partial charge in [-0.2, -0.15) is 8.78 Å². The number of carbonyl (C=O) groups is 1. The van der Waals surface area contributed by atoms with E-state index in [-0.39, 0.29) is 23.5 Å². The van der Waals surface area contributed by atoms with E-state index in [2.05, 4.69) is 4.74 Å². The third-order valence-corrected chi connectivity index (χ3v) is 2.75. The fourth-order valence-electron chi connectivity index (χ4n) is 1.24. The number of rotatable bonds is 5. The van der Waals surface area contributed by atoms with Gasteiger partial charge in [-0.25, -0.2) is 0 Å². The van der Waals surface area contributed by atoms with Crippen LogP contribution in [0.2, 0.25) is 0 Å². The Bertz CT molecular complexity index is 380. The predicted octanol–water partition coefficient (Wildman–Crippen LogP) is 3.60. The van der Waals surface area contributed by atoms with E-state index < -0.39 is 6.61 Å². The molecule has 0 fully saturated rings. The molecule has 5 heteroatoms. The van der Waals surface area contributed by atoms with Crippen LogP contribution in [0.4, 0.5) is 8.78 Å². The van der Waals surface area contributed by atoms with E-state index in [0.717, 1.165) is 4.90 Å². The van der Waals surface area contributed by atoms with E-state index in [1.807, 2.05) is 6.26 Å². The summed E-state index contributed by atoms with van der Waals surface area (Å²) in [5.74, 6) is -0.258. The summed E-state index contributed by atoms with van der Waals surface area (Å²) >= 11 is 1.44. The third-order valence-electron chi connectivity index (χ3n) is 2.02. The molecule has 0 saturated heterocycles. The van der Waals surface area contributed by atoms with E-state index in [0.29, 0.717) is 0 Å². The molecule has 0 heterocycles. The lowest BCUT2D eigenvalue weighted by molar-refractivity contribution is -0.0501. The van der Waals surface area contributed by atoms with Crippen LogP contribution in [0.5, 0.6) is 5.75 Å². The molecule has 16 heavy (non-hydrogen) atoms. The fourth-order valence-corrected chi connectivity index (χ4v) is 1.68. The highest BCUT2D eigenvalue weighted by Gasteiger charge is 2.15. The van der Waals surface area contributed by atoms with E-state index >= 15 is 0 Å². The monoisotopic (exact) mass is 246 g/mol. The molecular formula is C11H12F2O2S. The maximum atomic E-state index is 12.1. The zero-order valence-electron chi connectivity index (χ0n) is 9.00. The minimum absolute atomic E-state index is 0.0559. The first-order chi connectivity index (χ1) is 7.58. The van der Waals surface area contributed by atoms with E-state index in [4.69, 9.17) is 0 Å². The Kier molecular flexibility index (Phi) is 4.73. The van der Waals surface area contributed by atoms with Crippen molar-refractivity contribution in [2.75, 3.05) is 6.26 Å². The van der Waals surface area contributed by atoms with Gasteiger partial charge in [-0.3, -0.25) is 4.79 Å². The van der Waals surface area contributed by atoms with Crippen LogP contribution < -0.4 is 4.74 Å². The molecule has 0 aliphatic rings. The van der Waals surface area contributed by atoms with Crippen molar-refractivity contribution < 1.29 is 18.3 Å². The third kappa shape index (κ3) is 3.20. The van der Waals surface area contributed by atoms with E-state index in [9.17, 15) is 13.6 Å². The second kappa shape index (κ2) is 5.84. The molecule has 0 aliphatic heterocycles. The van der Waals surface area contributed by atoms with Crippen LogP contribution in [0, 0.1) is 0 Å². The smallest absolute Gasteiger partial charge is 0.387 e. The standard InChI is InChI=1S/C11H12F2O2S/c1-3-9(14)8-6-7(16-2)4-5-10(8)15-11(12)13/h4-6,11H,3H2,1-2H3. The van der Waals surface area contributed by atoms with Gasteiger partial charge in [-0.05, 0) is 24.5 Å². The maximum absolute atomic E-state index is 12.1. The number of hydrogen-bond acceptors (Lipinski definition) is 3.